The Labute approximate surface area is 83.5 Å². The van der Waals surface area contributed by atoms with Crippen LogP contribution in [0.25, 0.3) is 0 Å². The maximum Gasteiger partial charge on any atom is 0.0542 e. The van der Waals surface area contributed by atoms with E-state index in [1.165, 1.54) is 32.1 Å². The standard InChI is InChI=1S/C12H26O/c1-4-6-8-11(3)10-12(13)9-7-5-2/h11-13H,4-10H2,1-3H3/t11-,12+/m1/s1. The molecule has 0 aliphatic rings. The zero-order valence-corrected chi connectivity index (χ0v) is 9.55. The van der Waals surface area contributed by atoms with Gasteiger partial charge in [-0.15, -0.1) is 0 Å². The topological polar surface area (TPSA) is 20.2 Å². The number of aliphatic hydroxyl groups excluding tert-OH is 1. The minimum atomic E-state index is -0.0493. The van der Waals surface area contributed by atoms with E-state index >= 15 is 0 Å². The predicted molar refractivity (Wildman–Crippen MR) is 58.8 cm³/mol. The lowest BCUT2D eigenvalue weighted by molar-refractivity contribution is 0.131. The van der Waals surface area contributed by atoms with Crippen molar-refractivity contribution in [1.82, 2.24) is 0 Å². The van der Waals surface area contributed by atoms with Gasteiger partial charge in [0.1, 0.15) is 0 Å². The van der Waals surface area contributed by atoms with Gasteiger partial charge in [0.05, 0.1) is 6.10 Å². The lowest BCUT2D eigenvalue weighted by atomic mass is 9.95. The summed E-state index contributed by atoms with van der Waals surface area (Å²) in [5, 5.41) is 9.65. The van der Waals surface area contributed by atoms with Gasteiger partial charge in [-0.25, -0.2) is 0 Å². The van der Waals surface area contributed by atoms with Crippen molar-refractivity contribution >= 4 is 0 Å². The van der Waals surface area contributed by atoms with E-state index in [4.69, 9.17) is 0 Å². The van der Waals surface area contributed by atoms with Crippen LogP contribution in [-0.2, 0) is 0 Å². The summed E-state index contributed by atoms with van der Waals surface area (Å²) in [6.07, 6.45) is 8.16. The van der Waals surface area contributed by atoms with E-state index in [9.17, 15) is 5.11 Å². The molecule has 0 aromatic carbocycles. The van der Waals surface area contributed by atoms with Gasteiger partial charge in [-0.2, -0.15) is 0 Å². The van der Waals surface area contributed by atoms with Crippen LogP contribution in [0.2, 0.25) is 0 Å². The van der Waals surface area contributed by atoms with Gasteiger partial charge in [0.2, 0.25) is 0 Å². The second-order valence-electron chi connectivity index (χ2n) is 4.28. The van der Waals surface area contributed by atoms with Crippen molar-refractivity contribution in [2.24, 2.45) is 5.92 Å². The SMILES string of the molecule is CCCC[C@@H](C)C[C@@H](O)CCCC. The molecule has 0 aliphatic heterocycles. The summed E-state index contributed by atoms with van der Waals surface area (Å²) in [5.74, 6) is 0.701. The number of unbranched alkanes of at least 4 members (excludes halogenated alkanes) is 2. The van der Waals surface area contributed by atoms with Gasteiger partial charge in [-0.1, -0.05) is 52.9 Å². The van der Waals surface area contributed by atoms with E-state index in [2.05, 4.69) is 20.8 Å². The van der Waals surface area contributed by atoms with Crippen molar-refractivity contribution in [3.63, 3.8) is 0 Å². The highest BCUT2D eigenvalue weighted by Crippen LogP contribution is 2.16. The van der Waals surface area contributed by atoms with Crippen LogP contribution < -0.4 is 0 Å². The summed E-state index contributed by atoms with van der Waals surface area (Å²) < 4.78 is 0. The molecule has 0 saturated heterocycles. The molecular formula is C12H26O. The van der Waals surface area contributed by atoms with Crippen LogP contribution in [0.1, 0.15) is 65.7 Å². The maximum absolute atomic E-state index is 9.65. The molecule has 0 fully saturated rings. The summed E-state index contributed by atoms with van der Waals surface area (Å²) in [4.78, 5) is 0. The molecule has 1 N–H and O–H groups in total. The Morgan fingerprint density at radius 1 is 1.00 bits per heavy atom. The molecule has 0 unspecified atom stereocenters. The highest BCUT2D eigenvalue weighted by atomic mass is 16.3. The lowest BCUT2D eigenvalue weighted by Crippen LogP contribution is -2.11. The first kappa shape index (κ1) is 13.0. The average molecular weight is 186 g/mol. The third-order valence-corrected chi connectivity index (χ3v) is 2.62. The minimum absolute atomic E-state index is 0.0493. The third-order valence-electron chi connectivity index (χ3n) is 2.62. The quantitative estimate of drug-likeness (QED) is 0.612. The van der Waals surface area contributed by atoms with Crippen molar-refractivity contribution in [2.45, 2.75) is 71.8 Å². The monoisotopic (exact) mass is 186 g/mol. The van der Waals surface area contributed by atoms with Gasteiger partial charge in [0, 0.05) is 0 Å². The van der Waals surface area contributed by atoms with Crippen LogP contribution in [0.3, 0.4) is 0 Å². The molecule has 0 bridgehead atoms. The Kier molecular flexibility index (Phi) is 8.53. The fourth-order valence-electron chi connectivity index (χ4n) is 1.69. The summed E-state index contributed by atoms with van der Waals surface area (Å²) in [5.41, 5.74) is 0. The van der Waals surface area contributed by atoms with E-state index in [0.29, 0.717) is 5.92 Å². The van der Waals surface area contributed by atoms with Crippen molar-refractivity contribution in [1.29, 1.82) is 0 Å². The molecule has 2 atom stereocenters. The molecule has 0 amide bonds. The predicted octanol–water partition coefficient (Wildman–Crippen LogP) is 3.75. The first-order valence-electron chi connectivity index (χ1n) is 5.88. The first-order valence-corrected chi connectivity index (χ1v) is 5.88. The number of hydrogen-bond donors (Lipinski definition) is 1. The Hall–Kier alpha value is -0.0400. The molecule has 0 radical (unpaired) electrons. The van der Waals surface area contributed by atoms with Crippen molar-refractivity contribution in [3.8, 4) is 0 Å². The molecule has 80 valence electrons. The minimum Gasteiger partial charge on any atom is -0.393 e. The second kappa shape index (κ2) is 8.55. The molecule has 0 aromatic rings. The first-order chi connectivity index (χ1) is 6.20. The van der Waals surface area contributed by atoms with Crippen LogP contribution in [0, 0.1) is 5.92 Å². The molecule has 1 heteroatoms. The summed E-state index contributed by atoms with van der Waals surface area (Å²) in [6, 6.07) is 0. The lowest BCUT2D eigenvalue weighted by Gasteiger charge is -2.15. The summed E-state index contributed by atoms with van der Waals surface area (Å²) in [7, 11) is 0. The molecule has 0 aliphatic carbocycles. The van der Waals surface area contributed by atoms with Crippen LogP contribution >= 0.6 is 0 Å². The zero-order chi connectivity index (χ0) is 10.1. The van der Waals surface area contributed by atoms with E-state index in [-0.39, 0.29) is 6.10 Å². The molecule has 0 heterocycles. The zero-order valence-electron chi connectivity index (χ0n) is 9.55. The van der Waals surface area contributed by atoms with E-state index in [1.54, 1.807) is 0 Å². The normalized spacial score (nSPS) is 15.7. The van der Waals surface area contributed by atoms with E-state index in [0.717, 1.165) is 12.8 Å². The van der Waals surface area contributed by atoms with Crippen LogP contribution in [-0.4, -0.2) is 11.2 Å². The van der Waals surface area contributed by atoms with Crippen LogP contribution in [0.5, 0.6) is 0 Å². The van der Waals surface area contributed by atoms with Gasteiger partial charge in [0.15, 0.2) is 0 Å². The van der Waals surface area contributed by atoms with Gasteiger partial charge in [0.25, 0.3) is 0 Å². The van der Waals surface area contributed by atoms with Gasteiger partial charge in [-0.3, -0.25) is 0 Å². The Morgan fingerprint density at radius 2 is 1.54 bits per heavy atom. The highest BCUT2D eigenvalue weighted by molar-refractivity contribution is 4.61. The molecule has 0 spiro atoms. The summed E-state index contributed by atoms with van der Waals surface area (Å²) >= 11 is 0. The molecule has 0 saturated carbocycles. The fraction of sp³-hybridized carbons (Fsp3) is 1.00. The highest BCUT2D eigenvalue weighted by Gasteiger charge is 2.08. The number of rotatable bonds is 8. The van der Waals surface area contributed by atoms with Crippen molar-refractivity contribution in [2.75, 3.05) is 0 Å². The Morgan fingerprint density at radius 3 is 2.08 bits per heavy atom. The second-order valence-corrected chi connectivity index (χ2v) is 4.28. The van der Waals surface area contributed by atoms with Gasteiger partial charge in [-0.05, 0) is 18.8 Å². The van der Waals surface area contributed by atoms with E-state index in [1.807, 2.05) is 0 Å². The Balaban J connectivity index is 3.35. The summed E-state index contributed by atoms with van der Waals surface area (Å²) in [6.45, 7) is 6.65. The van der Waals surface area contributed by atoms with Gasteiger partial charge < -0.3 is 5.11 Å². The Bertz CT molecular complexity index is 89.3. The van der Waals surface area contributed by atoms with Gasteiger partial charge >= 0.3 is 0 Å². The molecule has 0 aromatic heterocycles. The van der Waals surface area contributed by atoms with Crippen LogP contribution in [0.4, 0.5) is 0 Å². The fourth-order valence-corrected chi connectivity index (χ4v) is 1.69. The molecular weight excluding hydrogens is 160 g/mol. The smallest absolute Gasteiger partial charge is 0.0542 e. The number of aliphatic hydroxyl groups is 1. The molecule has 0 rings (SSSR count). The maximum atomic E-state index is 9.65. The largest absolute Gasteiger partial charge is 0.393 e. The van der Waals surface area contributed by atoms with E-state index < -0.39 is 0 Å². The molecule has 1 nitrogen and oxygen atoms in total. The average Bonchev–Trinajstić information content (AvgIpc) is 2.11. The molecule has 13 heavy (non-hydrogen) atoms. The van der Waals surface area contributed by atoms with Crippen LogP contribution in [0.15, 0.2) is 0 Å². The van der Waals surface area contributed by atoms with Crippen molar-refractivity contribution < 1.29 is 5.11 Å². The third kappa shape index (κ3) is 8.29. The number of hydrogen-bond acceptors (Lipinski definition) is 1. The van der Waals surface area contributed by atoms with Crippen molar-refractivity contribution in [3.05, 3.63) is 0 Å².